The van der Waals surface area contributed by atoms with Crippen LogP contribution in [0, 0.1) is 0 Å². The second kappa shape index (κ2) is 5.19. The lowest BCUT2D eigenvalue weighted by atomic mass is 10.4. The molecule has 0 radical (unpaired) electrons. The highest BCUT2D eigenvalue weighted by Crippen LogP contribution is 2.17. The van der Waals surface area contributed by atoms with E-state index in [1.165, 1.54) is 0 Å². The van der Waals surface area contributed by atoms with E-state index >= 15 is 0 Å². The fourth-order valence-corrected chi connectivity index (χ4v) is 1.29. The van der Waals surface area contributed by atoms with Crippen LogP contribution < -0.4 is 5.32 Å². The van der Waals surface area contributed by atoms with E-state index in [1.807, 2.05) is 0 Å². The van der Waals surface area contributed by atoms with Crippen LogP contribution in [0.5, 0.6) is 0 Å². The normalized spacial score (nSPS) is 9.69. The number of hydrogen-bond donors (Lipinski definition) is 1. The maximum atomic E-state index is 11.1. The number of aromatic nitrogens is 1. The average molecular weight is 264 g/mol. The van der Waals surface area contributed by atoms with Crippen molar-refractivity contribution in [1.82, 2.24) is 4.98 Å². The molecule has 0 atom stereocenters. The monoisotopic (exact) mass is 262 g/mol. The maximum absolute atomic E-state index is 11.1. The number of amides is 1. The first-order valence-corrected chi connectivity index (χ1v) is 5.20. The molecule has 0 fully saturated rings. The van der Waals surface area contributed by atoms with Crippen LogP contribution in [0.4, 0.5) is 5.82 Å². The molecule has 1 rings (SSSR count). The molecule has 0 saturated heterocycles. The van der Waals surface area contributed by atoms with Crippen molar-refractivity contribution in [2.75, 3.05) is 10.6 Å². The summed E-state index contributed by atoms with van der Waals surface area (Å²) in [5.41, 5.74) is 0. The van der Waals surface area contributed by atoms with Gasteiger partial charge in [0.05, 0.1) is 5.02 Å². The molecule has 1 aromatic heterocycles. The molecule has 0 saturated carbocycles. The van der Waals surface area contributed by atoms with Crippen molar-refractivity contribution in [3.05, 3.63) is 23.4 Å². The van der Waals surface area contributed by atoms with Gasteiger partial charge in [0.2, 0.25) is 5.91 Å². The Morgan fingerprint density at radius 2 is 2.46 bits per heavy atom. The molecular formula is C8H8BrClN2O. The highest BCUT2D eigenvalue weighted by molar-refractivity contribution is 9.09. The number of rotatable bonds is 3. The molecule has 1 N–H and O–H groups in total. The Bertz CT molecular complexity index is 306. The van der Waals surface area contributed by atoms with Crippen LogP contribution >= 0.6 is 27.5 Å². The van der Waals surface area contributed by atoms with Gasteiger partial charge in [0.1, 0.15) is 0 Å². The van der Waals surface area contributed by atoms with Crippen LogP contribution in [0.25, 0.3) is 0 Å². The molecule has 70 valence electrons. The zero-order valence-corrected chi connectivity index (χ0v) is 9.10. The molecule has 0 unspecified atom stereocenters. The lowest BCUT2D eigenvalue weighted by molar-refractivity contribution is -0.115. The Morgan fingerprint density at radius 3 is 3.08 bits per heavy atom. The average Bonchev–Trinajstić information content (AvgIpc) is 2.09. The summed E-state index contributed by atoms with van der Waals surface area (Å²) in [6.07, 6.45) is 1.99. The van der Waals surface area contributed by atoms with Crippen LogP contribution in [-0.2, 0) is 4.79 Å². The molecule has 0 aromatic carbocycles. The van der Waals surface area contributed by atoms with Gasteiger partial charge in [0.25, 0.3) is 0 Å². The standard InChI is InChI=1S/C8H8BrClN2O/c9-4-3-7(13)12-8-6(10)2-1-5-11-8/h1-2,5H,3-4H2,(H,11,12,13). The van der Waals surface area contributed by atoms with Crippen molar-refractivity contribution >= 4 is 39.3 Å². The number of nitrogens with one attached hydrogen (secondary N) is 1. The van der Waals surface area contributed by atoms with Crippen molar-refractivity contribution < 1.29 is 4.79 Å². The molecule has 1 heterocycles. The number of alkyl halides is 1. The van der Waals surface area contributed by atoms with E-state index in [9.17, 15) is 4.79 Å². The number of carbonyl (C=O) groups excluding carboxylic acids is 1. The molecule has 0 aliphatic rings. The zero-order chi connectivity index (χ0) is 9.68. The van der Waals surface area contributed by atoms with Crippen LogP contribution in [0.1, 0.15) is 6.42 Å². The Balaban J connectivity index is 2.63. The number of nitrogens with zero attached hydrogens (tertiary/aromatic N) is 1. The number of pyridine rings is 1. The fourth-order valence-electron chi connectivity index (χ4n) is 0.758. The van der Waals surface area contributed by atoms with E-state index in [-0.39, 0.29) is 5.91 Å². The predicted molar refractivity (Wildman–Crippen MR) is 56.3 cm³/mol. The second-order valence-electron chi connectivity index (χ2n) is 2.32. The van der Waals surface area contributed by atoms with Crippen LogP contribution in [-0.4, -0.2) is 16.2 Å². The summed E-state index contributed by atoms with van der Waals surface area (Å²) in [5.74, 6) is 0.313. The molecule has 0 bridgehead atoms. The molecule has 0 aliphatic heterocycles. The highest BCUT2D eigenvalue weighted by atomic mass is 79.9. The van der Waals surface area contributed by atoms with Crippen LogP contribution in [0.15, 0.2) is 18.3 Å². The Hall–Kier alpha value is -0.610. The summed E-state index contributed by atoms with van der Waals surface area (Å²) in [6, 6.07) is 3.39. The molecule has 1 aromatic rings. The lowest BCUT2D eigenvalue weighted by Gasteiger charge is -2.03. The molecule has 1 amide bonds. The van der Waals surface area contributed by atoms with Crippen molar-refractivity contribution in [1.29, 1.82) is 0 Å². The topological polar surface area (TPSA) is 42.0 Å². The number of hydrogen-bond acceptors (Lipinski definition) is 2. The second-order valence-corrected chi connectivity index (χ2v) is 3.52. The molecular weight excluding hydrogens is 255 g/mol. The minimum absolute atomic E-state index is 0.0996. The van der Waals surface area contributed by atoms with E-state index in [4.69, 9.17) is 11.6 Å². The Labute approximate surface area is 89.6 Å². The van der Waals surface area contributed by atoms with E-state index in [0.29, 0.717) is 22.6 Å². The number of halogens is 2. The number of carbonyl (C=O) groups is 1. The van der Waals surface area contributed by atoms with Gasteiger partial charge >= 0.3 is 0 Å². The molecule has 5 heteroatoms. The first kappa shape index (κ1) is 10.5. The third-order valence-electron chi connectivity index (χ3n) is 1.34. The number of anilines is 1. The van der Waals surface area contributed by atoms with Crippen molar-refractivity contribution in [3.8, 4) is 0 Å². The summed E-state index contributed by atoms with van der Waals surface area (Å²) in [4.78, 5) is 15.0. The highest BCUT2D eigenvalue weighted by Gasteiger charge is 2.04. The maximum Gasteiger partial charge on any atom is 0.226 e. The largest absolute Gasteiger partial charge is 0.309 e. The SMILES string of the molecule is O=C(CCBr)Nc1ncccc1Cl. The quantitative estimate of drug-likeness (QED) is 0.851. The van der Waals surface area contributed by atoms with Gasteiger partial charge in [-0.15, -0.1) is 0 Å². The van der Waals surface area contributed by atoms with Gasteiger partial charge in [-0.05, 0) is 12.1 Å². The van der Waals surface area contributed by atoms with Gasteiger partial charge < -0.3 is 5.32 Å². The van der Waals surface area contributed by atoms with Gasteiger partial charge in [-0.3, -0.25) is 4.79 Å². The van der Waals surface area contributed by atoms with Gasteiger partial charge in [0.15, 0.2) is 5.82 Å². The summed E-state index contributed by atoms with van der Waals surface area (Å²) in [7, 11) is 0. The predicted octanol–water partition coefficient (Wildman–Crippen LogP) is 2.46. The van der Waals surface area contributed by atoms with Gasteiger partial charge in [-0.2, -0.15) is 0 Å². The van der Waals surface area contributed by atoms with Crippen molar-refractivity contribution in [2.45, 2.75) is 6.42 Å². The van der Waals surface area contributed by atoms with Crippen molar-refractivity contribution in [3.63, 3.8) is 0 Å². The Kier molecular flexibility index (Phi) is 4.18. The van der Waals surface area contributed by atoms with E-state index < -0.39 is 0 Å². The lowest BCUT2D eigenvalue weighted by Crippen LogP contribution is -2.12. The van der Waals surface area contributed by atoms with E-state index in [2.05, 4.69) is 26.2 Å². The fraction of sp³-hybridized carbons (Fsp3) is 0.250. The summed E-state index contributed by atoms with van der Waals surface area (Å²) in [5, 5.41) is 3.68. The third kappa shape index (κ3) is 3.32. The Morgan fingerprint density at radius 1 is 1.69 bits per heavy atom. The first-order chi connectivity index (χ1) is 6.24. The third-order valence-corrected chi connectivity index (χ3v) is 2.04. The molecule has 13 heavy (non-hydrogen) atoms. The minimum Gasteiger partial charge on any atom is -0.309 e. The van der Waals surface area contributed by atoms with Crippen molar-refractivity contribution in [2.24, 2.45) is 0 Å². The summed E-state index contributed by atoms with van der Waals surface area (Å²) < 4.78 is 0. The minimum atomic E-state index is -0.0996. The van der Waals surface area contributed by atoms with Crippen LogP contribution in [0.3, 0.4) is 0 Å². The smallest absolute Gasteiger partial charge is 0.226 e. The van der Waals surface area contributed by atoms with Gasteiger partial charge in [-0.1, -0.05) is 27.5 Å². The van der Waals surface area contributed by atoms with Crippen LogP contribution in [0.2, 0.25) is 5.02 Å². The van der Waals surface area contributed by atoms with E-state index in [0.717, 1.165) is 0 Å². The zero-order valence-electron chi connectivity index (χ0n) is 6.76. The summed E-state index contributed by atoms with van der Waals surface area (Å²) in [6.45, 7) is 0. The van der Waals surface area contributed by atoms with E-state index in [1.54, 1.807) is 18.3 Å². The van der Waals surface area contributed by atoms with Gasteiger partial charge in [0, 0.05) is 17.9 Å². The molecule has 0 spiro atoms. The van der Waals surface area contributed by atoms with Gasteiger partial charge in [-0.25, -0.2) is 4.98 Å². The molecule has 3 nitrogen and oxygen atoms in total. The first-order valence-electron chi connectivity index (χ1n) is 3.70. The molecule has 0 aliphatic carbocycles. The summed E-state index contributed by atoms with van der Waals surface area (Å²) >= 11 is 8.95.